The Morgan fingerprint density at radius 2 is 1.85 bits per heavy atom. The lowest BCUT2D eigenvalue weighted by atomic mass is 10.2. The van der Waals surface area contributed by atoms with Crippen LogP contribution in [0.3, 0.4) is 0 Å². The predicted octanol–water partition coefficient (Wildman–Crippen LogP) is 2.41. The second kappa shape index (κ2) is 7.03. The molecule has 26 heavy (non-hydrogen) atoms. The van der Waals surface area contributed by atoms with Crippen LogP contribution in [0.1, 0.15) is 22.6 Å². The molecule has 3 aromatic rings. The van der Waals surface area contributed by atoms with Gasteiger partial charge in [0.1, 0.15) is 5.82 Å². The molecule has 6 nitrogen and oxygen atoms in total. The van der Waals surface area contributed by atoms with Crippen molar-refractivity contribution >= 4 is 11.5 Å². The van der Waals surface area contributed by atoms with Crippen LogP contribution in [0.25, 0.3) is 5.65 Å². The summed E-state index contributed by atoms with van der Waals surface area (Å²) in [6.45, 7) is 11.4. The van der Waals surface area contributed by atoms with Crippen molar-refractivity contribution in [3.05, 3.63) is 53.1 Å². The van der Waals surface area contributed by atoms with E-state index in [4.69, 9.17) is 5.10 Å². The molecular formula is C20H26N6. The van der Waals surface area contributed by atoms with Gasteiger partial charge in [-0.3, -0.25) is 9.88 Å². The van der Waals surface area contributed by atoms with Crippen molar-refractivity contribution in [3.63, 3.8) is 0 Å². The van der Waals surface area contributed by atoms with E-state index in [2.05, 4.69) is 58.7 Å². The molecule has 0 bridgehead atoms. The molecule has 0 atom stereocenters. The normalized spacial score (nSPS) is 15.7. The van der Waals surface area contributed by atoms with E-state index in [-0.39, 0.29) is 0 Å². The zero-order chi connectivity index (χ0) is 18.1. The molecule has 0 N–H and O–H groups in total. The standard InChI is InChI=1S/C20H26N6/c1-15-14-19(26-20(22-15)16(2)17(3)23-26)25-12-10-24(11-13-25)9-7-18-6-4-5-8-21-18/h4-6,8,14H,7,9-13H2,1-3H3. The predicted molar refractivity (Wildman–Crippen MR) is 104 cm³/mol. The van der Waals surface area contributed by atoms with Gasteiger partial charge >= 0.3 is 0 Å². The summed E-state index contributed by atoms with van der Waals surface area (Å²) in [7, 11) is 0. The Bertz CT molecular complexity index is 894. The summed E-state index contributed by atoms with van der Waals surface area (Å²) in [6.07, 6.45) is 2.88. The van der Waals surface area contributed by atoms with Gasteiger partial charge in [0.15, 0.2) is 5.65 Å². The topological polar surface area (TPSA) is 49.6 Å². The van der Waals surface area contributed by atoms with Gasteiger partial charge in [-0.25, -0.2) is 4.98 Å². The fourth-order valence-electron chi connectivity index (χ4n) is 3.58. The number of pyridine rings is 1. The van der Waals surface area contributed by atoms with Crippen LogP contribution in [0, 0.1) is 20.8 Å². The molecule has 0 saturated carbocycles. The lowest BCUT2D eigenvalue weighted by molar-refractivity contribution is 0.259. The molecule has 4 heterocycles. The number of fused-ring (bicyclic) bond motifs is 1. The number of aryl methyl sites for hydroxylation is 3. The Kier molecular flexibility index (Phi) is 4.59. The van der Waals surface area contributed by atoms with Crippen LogP contribution in [-0.2, 0) is 6.42 Å². The van der Waals surface area contributed by atoms with Crippen LogP contribution >= 0.6 is 0 Å². The fraction of sp³-hybridized carbons (Fsp3) is 0.450. The van der Waals surface area contributed by atoms with Crippen molar-refractivity contribution in [3.8, 4) is 0 Å². The second-order valence-electron chi connectivity index (χ2n) is 7.10. The van der Waals surface area contributed by atoms with E-state index in [1.807, 2.05) is 16.8 Å². The molecule has 0 aliphatic carbocycles. The highest BCUT2D eigenvalue weighted by atomic mass is 15.4. The van der Waals surface area contributed by atoms with Gasteiger partial charge in [-0.05, 0) is 32.9 Å². The quantitative estimate of drug-likeness (QED) is 0.723. The van der Waals surface area contributed by atoms with E-state index in [1.165, 1.54) is 11.3 Å². The summed E-state index contributed by atoms with van der Waals surface area (Å²) in [5, 5.41) is 4.71. The molecule has 6 heteroatoms. The van der Waals surface area contributed by atoms with Crippen LogP contribution in [0.4, 0.5) is 5.82 Å². The van der Waals surface area contributed by atoms with Gasteiger partial charge < -0.3 is 4.90 Å². The van der Waals surface area contributed by atoms with Gasteiger partial charge in [0.25, 0.3) is 0 Å². The highest BCUT2D eigenvalue weighted by Crippen LogP contribution is 2.22. The maximum Gasteiger partial charge on any atom is 0.160 e. The number of hydrogen-bond donors (Lipinski definition) is 0. The number of piperazine rings is 1. The average molecular weight is 350 g/mol. The molecule has 1 aliphatic heterocycles. The van der Waals surface area contributed by atoms with Crippen LogP contribution in [-0.4, -0.2) is 57.2 Å². The molecule has 0 spiro atoms. The minimum atomic E-state index is 0.982. The number of aromatic nitrogens is 4. The minimum Gasteiger partial charge on any atom is -0.354 e. The summed E-state index contributed by atoms with van der Waals surface area (Å²) in [5.74, 6) is 1.16. The summed E-state index contributed by atoms with van der Waals surface area (Å²) in [5.41, 5.74) is 5.43. The summed E-state index contributed by atoms with van der Waals surface area (Å²) < 4.78 is 2.02. The van der Waals surface area contributed by atoms with Crippen molar-refractivity contribution in [2.24, 2.45) is 0 Å². The molecule has 0 unspecified atom stereocenters. The van der Waals surface area contributed by atoms with E-state index >= 15 is 0 Å². The van der Waals surface area contributed by atoms with Gasteiger partial charge in [-0.1, -0.05) is 6.07 Å². The third-order valence-electron chi connectivity index (χ3n) is 5.27. The smallest absolute Gasteiger partial charge is 0.160 e. The average Bonchev–Trinajstić information content (AvgIpc) is 2.95. The van der Waals surface area contributed by atoms with E-state index < -0.39 is 0 Å². The number of nitrogens with zero attached hydrogens (tertiary/aromatic N) is 6. The zero-order valence-corrected chi connectivity index (χ0v) is 15.8. The number of rotatable bonds is 4. The Labute approximate surface area is 154 Å². The van der Waals surface area contributed by atoms with E-state index in [1.54, 1.807) is 0 Å². The zero-order valence-electron chi connectivity index (χ0n) is 15.8. The SMILES string of the molecule is Cc1cc(N2CCN(CCc3ccccn3)CC2)n2nc(C)c(C)c2n1. The van der Waals surface area contributed by atoms with E-state index in [9.17, 15) is 0 Å². The van der Waals surface area contributed by atoms with Crippen molar-refractivity contribution in [2.45, 2.75) is 27.2 Å². The first-order valence-corrected chi connectivity index (χ1v) is 9.32. The lowest BCUT2D eigenvalue weighted by Crippen LogP contribution is -2.47. The first-order valence-electron chi connectivity index (χ1n) is 9.32. The van der Waals surface area contributed by atoms with E-state index in [0.717, 1.165) is 62.0 Å². The maximum absolute atomic E-state index is 4.71. The summed E-state index contributed by atoms with van der Waals surface area (Å²) >= 11 is 0. The Morgan fingerprint density at radius 1 is 1.04 bits per heavy atom. The van der Waals surface area contributed by atoms with Crippen molar-refractivity contribution in [1.29, 1.82) is 0 Å². The molecule has 0 radical (unpaired) electrons. The Balaban J connectivity index is 1.45. The van der Waals surface area contributed by atoms with Crippen molar-refractivity contribution in [2.75, 3.05) is 37.6 Å². The highest BCUT2D eigenvalue weighted by Gasteiger charge is 2.21. The minimum absolute atomic E-state index is 0.982. The van der Waals surface area contributed by atoms with Crippen LogP contribution in [0.2, 0.25) is 0 Å². The summed E-state index contributed by atoms with van der Waals surface area (Å²) in [4.78, 5) is 14.1. The largest absolute Gasteiger partial charge is 0.354 e. The molecule has 4 rings (SSSR count). The highest BCUT2D eigenvalue weighted by molar-refractivity contribution is 5.57. The van der Waals surface area contributed by atoms with E-state index in [0.29, 0.717) is 0 Å². The van der Waals surface area contributed by atoms with Gasteiger partial charge in [-0.2, -0.15) is 9.61 Å². The van der Waals surface area contributed by atoms with Gasteiger partial charge in [0, 0.05) is 68.4 Å². The fourth-order valence-corrected chi connectivity index (χ4v) is 3.58. The molecule has 1 fully saturated rings. The Hall–Kier alpha value is -2.47. The van der Waals surface area contributed by atoms with Gasteiger partial charge in [-0.15, -0.1) is 0 Å². The van der Waals surface area contributed by atoms with Crippen molar-refractivity contribution < 1.29 is 0 Å². The molecule has 1 aliphatic rings. The molecule has 0 aromatic carbocycles. The Morgan fingerprint density at radius 3 is 2.58 bits per heavy atom. The number of hydrogen-bond acceptors (Lipinski definition) is 5. The third-order valence-corrected chi connectivity index (χ3v) is 5.27. The maximum atomic E-state index is 4.71. The first-order chi connectivity index (χ1) is 12.6. The van der Waals surface area contributed by atoms with Crippen LogP contribution < -0.4 is 4.90 Å². The third kappa shape index (κ3) is 3.29. The van der Waals surface area contributed by atoms with Gasteiger partial charge in [0.2, 0.25) is 0 Å². The molecule has 136 valence electrons. The lowest BCUT2D eigenvalue weighted by Gasteiger charge is -2.36. The monoisotopic (exact) mass is 350 g/mol. The molecule has 3 aromatic heterocycles. The molecule has 0 amide bonds. The second-order valence-corrected chi connectivity index (χ2v) is 7.10. The summed E-state index contributed by atoms with van der Waals surface area (Å²) in [6, 6.07) is 8.29. The van der Waals surface area contributed by atoms with Crippen molar-refractivity contribution in [1.82, 2.24) is 24.5 Å². The molecule has 1 saturated heterocycles. The number of anilines is 1. The first kappa shape index (κ1) is 17.0. The van der Waals surface area contributed by atoms with Crippen LogP contribution in [0.5, 0.6) is 0 Å². The van der Waals surface area contributed by atoms with Gasteiger partial charge in [0.05, 0.1) is 5.69 Å². The molecular weight excluding hydrogens is 324 g/mol. The van der Waals surface area contributed by atoms with Crippen LogP contribution in [0.15, 0.2) is 30.5 Å².